The van der Waals surface area contributed by atoms with Crippen LogP contribution in [0.2, 0.25) is 0 Å². The number of esters is 1. The maximum Gasteiger partial charge on any atom is 0.328 e. The van der Waals surface area contributed by atoms with Crippen molar-refractivity contribution in [1.82, 2.24) is 10.2 Å². The van der Waals surface area contributed by atoms with Gasteiger partial charge < -0.3 is 19.9 Å². The molecule has 2 amide bonds. The fourth-order valence-corrected chi connectivity index (χ4v) is 2.75. The molecule has 0 aliphatic carbocycles. The second-order valence-electron chi connectivity index (χ2n) is 7.48. The molecule has 7 nitrogen and oxygen atoms in total. The van der Waals surface area contributed by atoms with Crippen molar-refractivity contribution in [1.29, 1.82) is 0 Å². The van der Waals surface area contributed by atoms with Gasteiger partial charge in [0, 0.05) is 38.9 Å². The van der Waals surface area contributed by atoms with E-state index in [0.29, 0.717) is 12.1 Å². The van der Waals surface area contributed by atoms with Crippen molar-refractivity contribution in [3.8, 4) is 0 Å². The van der Waals surface area contributed by atoms with Crippen LogP contribution in [0.1, 0.15) is 28.4 Å². The molecule has 2 aromatic rings. The lowest BCUT2D eigenvalue weighted by Gasteiger charge is -2.19. The summed E-state index contributed by atoms with van der Waals surface area (Å²) in [5.74, 6) is -1.35. The Morgan fingerprint density at radius 3 is 2.30 bits per heavy atom. The summed E-state index contributed by atoms with van der Waals surface area (Å²) in [5.41, 5.74) is 3.46. The minimum atomic E-state index is -0.866. The van der Waals surface area contributed by atoms with Crippen molar-refractivity contribution in [3.63, 3.8) is 0 Å². The second-order valence-corrected chi connectivity index (χ2v) is 7.48. The molecule has 7 heteroatoms. The zero-order valence-electron chi connectivity index (χ0n) is 18.1. The normalized spacial score (nSPS) is 11.4. The summed E-state index contributed by atoms with van der Waals surface area (Å²) in [4.78, 5) is 40.2. The van der Waals surface area contributed by atoms with Gasteiger partial charge in [-0.1, -0.05) is 29.8 Å². The summed E-state index contributed by atoms with van der Waals surface area (Å²) in [5, 5.41) is 2.59. The van der Waals surface area contributed by atoms with Gasteiger partial charge in [-0.05, 0) is 43.7 Å². The number of benzene rings is 2. The van der Waals surface area contributed by atoms with Gasteiger partial charge in [0.2, 0.25) is 0 Å². The Labute approximate surface area is 177 Å². The molecular weight excluding hydrogens is 382 g/mol. The Morgan fingerprint density at radius 2 is 1.70 bits per heavy atom. The van der Waals surface area contributed by atoms with Crippen LogP contribution in [0.3, 0.4) is 0 Å². The van der Waals surface area contributed by atoms with E-state index in [0.717, 1.165) is 16.8 Å². The zero-order valence-corrected chi connectivity index (χ0v) is 18.1. The molecule has 0 fully saturated rings. The molecule has 30 heavy (non-hydrogen) atoms. The predicted molar refractivity (Wildman–Crippen MR) is 116 cm³/mol. The molecule has 160 valence electrons. The topological polar surface area (TPSA) is 78.9 Å². The summed E-state index contributed by atoms with van der Waals surface area (Å²) in [7, 11) is 5.57. The molecule has 1 atom stereocenters. The number of aryl methyl sites for hydroxylation is 1. The van der Waals surface area contributed by atoms with Crippen LogP contribution in [-0.4, -0.2) is 56.5 Å². The molecule has 0 aliphatic rings. The minimum absolute atomic E-state index is 0.322. The standard InChI is InChI=1S/C23H29N3O4/c1-16-7-6-8-19(13-16)22(28)24-17(2)23(29)30-15-21(27)26(5)14-18-9-11-20(12-10-18)25(3)4/h6-13,17H,14-15H2,1-5H3,(H,24,28)/t17-/m0/s1. The van der Waals surface area contributed by atoms with Gasteiger partial charge >= 0.3 is 5.97 Å². The van der Waals surface area contributed by atoms with Crippen LogP contribution >= 0.6 is 0 Å². The molecule has 1 N–H and O–H groups in total. The summed E-state index contributed by atoms with van der Waals surface area (Å²) in [6.45, 7) is 3.43. The van der Waals surface area contributed by atoms with Gasteiger partial charge in [-0.3, -0.25) is 9.59 Å². The molecule has 0 heterocycles. The van der Waals surface area contributed by atoms with Gasteiger partial charge in [-0.2, -0.15) is 0 Å². The van der Waals surface area contributed by atoms with Crippen molar-refractivity contribution in [3.05, 3.63) is 65.2 Å². The lowest BCUT2D eigenvalue weighted by molar-refractivity contribution is -0.153. The van der Waals surface area contributed by atoms with E-state index in [1.54, 1.807) is 25.2 Å². The predicted octanol–water partition coefficient (Wildman–Crippen LogP) is 2.38. The van der Waals surface area contributed by atoms with Crippen molar-refractivity contribution < 1.29 is 19.1 Å². The Kier molecular flexibility index (Phi) is 7.98. The SMILES string of the molecule is Cc1cccc(C(=O)N[C@@H](C)C(=O)OCC(=O)N(C)Cc2ccc(N(C)C)cc2)c1. The van der Waals surface area contributed by atoms with Gasteiger partial charge in [-0.25, -0.2) is 4.79 Å². The van der Waals surface area contributed by atoms with Crippen LogP contribution in [0.25, 0.3) is 0 Å². The van der Waals surface area contributed by atoms with Gasteiger partial charge in [0.15, 0.2) is 6.61 Å². The Bertz CT molecular complexity index is 894. The number of carbonyl (C=O) groups excluding carboxylic acids is 3. The molecule has 0 saturated heterocycles. The number of hydrogen-bond donors (Lipinski definition) is 1. The van der Waals surface area contributed by atoms with Gasteiger partial charge in [-0.15, -0.1) is 0 Å². The van der Waals surface area contributed by atoms with E-state index in [9.17, 15) is 14.4 Å². The van der Waals surface area contributed by atoms with Crippen LogP contribution in [0.15, 0.2) is 48.5 Å². The van der Waals surface area contributed by atoms with E-state index in [4.69, 9.17) is 4.74 Å². The first-order chi connectivity index (χ1) is 14.2. The smallest absolute Gasteiger partial charge is 0.328 e. The number of nitrogens with one attached hydrogen (secondary N) is 1. The largest absolute Gasteiger partial charge is 0.454 e. The highest BCUT2D eigenvalue weighted by molar-refractivity contribution is 5.97. The molecular formula is C23H29N3O4. The lowest BCUT2D eigenvalue weighted by Crippen LogP contribution is -2.41. The number of amides is 2. The highest BCUT2D eigenvalue weighted by atomic mass is 16.5. The van der Waals surface area contributed by atoms with Crippen molar-refractivity contribution in [2.24, 2.45) is 0 Å². The fourth-order valence-electron chi connectivity index (χ4n) is 2.75. The molecule has 0 bridgehead atoms. The maximum atomic E-state index is 12.3. The third kappa shape index (κ3) is 6.62. The average molecular weight is 412 g/mol. The Balaban J connectivity index is 1.81. The molecule has 0 aromatic heterocycles. The lowest BCUT2D eigenvalue weighted by atomic mass is 10.1. The highest BCUT2D eigenvalue weighted by Crippen LogP contribution is 2.13. The van der Waals surface area contributed by atoms with E-state index in [1.807, 2.05) is 56.3 Å². The molecule has 0 spiro atoms. The van der Waals surface area contributed by atoms with Gasteiger partial charge in [0.25, 0.3) is 11.8 Å². The first-order valence-electron chi connectivity index (χ1n) is 9.71. The average Bonchev–Trinajstić information content (AvgIpc) is 2.71. The molecule has 0 unspecified atom stereocenters. The molecule has 2 rings (SSSR count). The number of ether oxygens (including phenoxy) is 1. The summed E-state index contributed by atoms with van der Waals surface area (Å²) >= 11 is 0. The van der Waals surface area contributed by atoms with E-state index in [2.05, 4.69) is 5.32 Å². The third-order valence-corrected chi connectivity index (χ3v) is 4.62. The van der Waals surface area contributed by atoms with Crippen LogP contribution < -0.4 is 10.2 Å². The summed E-state index contributed by atoms with van der Waals surface area (Å²) in [6, 6.07) is 14.1. The maximum absolute atomic E-state index is 12.3. The monoisotopic (exact) mass is 411 g/mol. The van der Waals surface area contributed by atoms with E-state index >= 15 is 0 Å². The number of nitrogens with zero attached hydrogens (tertiary/aromatic N) is 2. The van der Waals surface area contributed by atoms with E-state index in [-0.39, 0.29) is 18.4 Å². The third-order valence-electron chi connectivity index (χ3n) is 4.62. The van der Waals surface area contributed by atoms with Crippen molar-refractivity contribution in [2.75, 3.05) is 32.6 Å². The van der Waals surface area contributed by atoms with Crippen LogP contribution in [0.5, 0.6) is 0 Å². The minimum Gasteiger partial charge on any atom is -0.454 e. The van der Waals surface area contributed by atoms with Crippen LogP contribution in [0, 0.1) is 6.92 Å². The Hall–Kier alpha value is -3.35. The highest BCUT2D eigenvalue weighted by Gasteiger charge is 2.20. The van der Waals surface area contributed by atoms with Gasteiger partial charge in [0.05, 0.1) is 0 Å². The molecule has 0 radical (unpaired) electrons. The van der Waals surface area contributed by atoms with Crippen LogP contribution in [-0.2, 0) is 20.9 Å². The fraction of sp³-hybridized carbons (Fsp3) is 0.348. The number of likely N-dealkylation sites (N-methyl/N-ethyl adjacent to an activating group) is 1. The number of carbonyl (C=O) groups is 3. The zero-order chi connectivity index (χ0) is 22.3. The summed E-state index contributed by atoms with van der Waals surface area (Å²) in [6.07, 6.45) is 0. The first-order valence-corrected chi connectivity index (χ1v) is 9.71. The quantitative estimate of drug-likeness (QED) is 0.675. The number of rotatable bonds is 8. The molecule has 2 aromatic carbocycles. The second kappa shape index (κ2) is 10.4. The summed E-state index contributed by atoms with van der Waals surface area (Å²) < 4.78 is 5.08. The number of anilines is 1. The van der Waals surface area contributed by atoms with Crippen LogP contribution in [0.4, 0.5) is 5.69 Å². The first kappa shape index (κ1) is 22.9. The van der Waals surface area contributed by atoms with Crippen molar-refractivity contribution in [2.45, 2.75) is 26.4 Å². The Morgan fingerprint density at radius 1 is 1.03 bits per heavy atom. The van der Waals surface area contributed by atoms with Crippen molar-refractivity contribution >= 4 is 23.5 Å². The number of hydrogen-bond acceptors (Lipinski definition) is 5. The van der Waals surface area contributed by atoms with E-state index in [1.165, 1.54) is 11.8 Å². The molecule has 0 aliphatic heterocycles. The molecule has 0 saturated carbocycles. The van der Waals surface area contributed by atoms with Gasteiger partial charge in [0.1, 0.15) is 6.04 Å². The van der Waals surface area contributed by atoms with E-state index < -0.39 is 12.0 Å².